The lowest BCUT2D eigenvalue weighted by molar-refractivity contribution is 0.386. The lowest BCUT2D eigenvalue weighted by Crippen LogP contribution is -2.42. The third-order valence-electron chi connectivity index (χ3n) is 2.77. The molecule has 1 aromatic rings. The second-order valence-corrected chi connectivity index (χ2v) is 5.17. The molecule has 0 bridgehead atoms. The van der Waals surface area contributed by atoms with Gasteiger partial charge in [-0.3, -0.25) is 4.99 Å². The van der Waals surface area contributed by atoms with Crippen LogP contribution in [0.3, 0.4) is 0 Å². The predicted octanol–water partition coefficient (Wildman–Crippen LogP) is 1.87. The monoisotopic (exact) mass is 267 g/mol. The maximum Gasteiger partial charge on any atom is 0.223 e. The normalized spacial score (nSPS) is 13.7. The van der Waals surface area contributed by atoms with Gasteiger partial charge in [0.15, 0.2) is 11.8 Å². The molecule has 0 spiro atoms. The highest BCUT2D eigenvalue weighted by molar-refractivity contribution is 5.79. The molecule has 6 heteroatoms. The van der Waals surface area contributed by atoms with E-state index in [1.165, 1.54) is 6.42 Å². The maximum absolute atomic E-state index is 4.92. The highest BCUT2D eigenvalue weighted by atomic mass is 16.5. The van der Waals surface area contributed by atoms with Crippen molar-refractivity contribution in [3.63, 3.8) is 0 Å². The quantitative estimate of drug-likeness (QED) is 0.608. The standard InChI is InChI=1S/C13H25N5O/c1-9(2)6-7-10(3)16-13(14-5)15-8-12-17-11(4)19-18-12/h9-10H,6-8H2,1-5H3,(H2,14,15,16). The van der Waals surface area contributed by atoms with E-state index in [2.05, 4.69) is 46.5 Å². The molecule has 1 aromatic heterocycles. The number of guanidine groups is 1. The van der Waals surface area contributed by atoms with Crippen molar-refractivity contribution in [1.29, 1.82) is 0 Å². The van der Waals surface area contributed by atoms with E-state index < -0.39 is 0 Å². The number of aryl methyl sites for hydroxylation is 1. The van der Waals surface area contributed by atoms with Crippen molar-refractivity contribution in [1.82, 2.24) is 20.8 Å². The Hall–Kier alpha value is -1.59. The van der Waals surface area contributed by atoms with E-state index in [1.54, 1.807) is 14.0 Å². The van der Waals surface area contributed by atoms with Gasteiger partial charge in [-0.2, -0.15) is 4.98 Å². The molecule has 1 heterocycles. The van der Waals surface area contributed by atoms with Gasteiger partial charge in [-0.15, -0.1) is 0 Å². The molecule has 6 nitrogen and oxygen atoms in total. The number of aliphatic imine (C=N–C) groups is 1. The summed E-state index contributed by atoms with van der Waals surface area (Å²) < 4.78 is 4.92. The topological polar surface area (TPSA) is 75.3 Å². The van der Waals surface area contributed by atoms with Crippen molar-refractivity contribution in [3.05, 3.63) is 11.7 Å². The second kappa shape index (κ2) is 7.76. The molecule has 1 rings (SSSR count). The summed E-state index contributed by atoms with van der Waals surface area (Å²) in [4.78, 5) is 8.32. The van der Waals surface area contributed by atoms with Crippen molar-refractivity contribution in [2.24, 2.45) is 10.9 Å². The zero-order valence-corrected chi connectivity index (χ0v) is 12.5. The molecule has 0 saturated heterocycles. The summed E-state index contributed by atoms with van der Waals surface area (Å²) in [7, 11) is 1.76. The van der Waals surface area contributed by atoms with E-state index in [-0.39, 0.29) is 0 Å². The molecule has 0 saturated carbocycles. The molecule has 1 atom stereocenters. The van der Waals surface area contributed by atoms with Crippen LogP contribution < -0.4 is 10.6 Å². The van der Waals surface area contributed by atoms with Gasteiger partial charge in [0.05, 0.1) is 6.54 Å². The average Bonchev–Trinajstić information content (AvgIpc) is 2.77. The minimum absolute atomic E-state index is 0.389. The van der Waals surface area contributed by atoms with Gasteiger partial charge in [0.2, 0.25) is 5.89 Å². The molecule has 108 valence electrons. The number of nitrogens with zero attached hydrogens (tertiary/aromatic N) is 3. The van der Waals surface area contributed by atoms with Crippen LogP contribution in [0.4, 0.5) is 0 Å². The summed E-state index contributed by atoms with van der Waals surface area (Å²) >= 11 is 0. The third kappa shape index (κ3) is 6.22. The molecule has 0 aliphatic heterocycles. The van der Waals surface area contributed by atoms with E-state index in [0.29, 0.717) is 24.3 Å². The van der Waals surface area contributed by atoms with Crippen molar-refractivity contribution in [3.8, 4) is 0 Å². The van der Waals surface area contributed by atoms with E-state index >= 15 is 0 Å². The maximum atomic E-state index is 4.92. The first kappa shape index (κ1) is 15.5. The Bertz CT molecular complexity index is 399. The van der Waals surface area contributed by atoms with Crippen molar-refractivity contribution in [2.75, 3.05) is 7.05 Å². The first-order valence-electron chi connectivity index (χ1n) is 6.77. The number of rotatable bonds is 6. The molecule has 0 aliphatic rings. The number of aromatic nitrogens is 2. The van der Waals surface area contributed by atoms with Crippen molar-refractivity contribution >= 4 is 5.96 Å². The fraction of sp³-hybridized carbons (Fsp3) is 0.769. The molecule has 0 radical (unpaired) electrons. The van der Waals surface area contributed by atoms with Gasteiger partial charge in [-0.1, -0.05) is 19.0 Å². The van der Waals surface area contributed by atoms with Gasteiger partial charge in [0.1, 0.15) is 0 Å². The second-order valence-electron chi connectivity index (χ2n) is 5.17. The zero-order chi connectivity index (χ0) is 14.3. The number of hydrogen-bond acceptors (Lipinski definition) is 4. The van der Waals surface area contributed by atoms with E-state index in [9.17, 15) is 0 Å². The van der Waals surface area contributed by atoms with Crippen molar-refractivity contribution < 1.29 is 4.52 Å². The summed E-state index contributed by atoms with van der Waals surface area (Å²) in [6, 6.07) is 0.389. The molecule has 0 aliphatic carbocycles. The zero-order valence-electron chi connectivity index (χ0n) is 12.5. The van der Waals surface area contributed by atoms with Crippen LogP contribution in [0.5, 0.6) is 0 Å². The van der Waals surface area contributed by atoms with Crippen LogP contribution in [0, 0.1) is 12.8 Å². The Morgan fingerprint density at radius 1 is 1.32 bits per heavy atom. The minimum atomic E-state index is 0.389. The Balaban J connectivity index is 2.33. The summed E-state index contributed by atoms with van der Waals surface area (Å²) in [5, 5.41) is 10.4. The minimum Gasteiger partial charge on any atom is -0.354 e. The lowest BCUT2D eigenvalue weighted by Gasteiger charge is -2.18. The van der Waals surface area contributed by atoms with Gasteiger partial charge in [-0.05, 0) is 25.7 Å². The lowest BCUT2D eigenvalue weighted by atomic mass is 10.0. The van der Waals surface area contributed by atoms with Crippen LogP contribution in [-0.4, -0.2) is 29.2 Å². The van der Waals surface area contributed by atoms with E-state index in [0.717, 1.165) is 18.3 Å². The largest absolute Gasteiger partial charge is 0.354 e. The van der Waals surface area contributed by atoms with Gasteiger partial charge >= 0.3 is 0 Å². The molecular weight excluding hydrogens is 242 g/mol. The number of hydrogen-bond donors (Lipinski definition) is 2. The van der Waals surface area contributed by atoms with E-state index in [4.69, 9.17) is 4.52 Å². The summed E-state index contributed by atoms with van der Waals surface area (Å²) in [5.41, 5.74) is 0. The highest BCUT2D eigenvalue weighted by Crippen LogP contribution is 2.06. The smallest absolute Gasteiger partial charge is 0.223 e. The molecule has 0 aromatic carbocycles. The molecule has 1 unspecified atom stereocenters. The van der Waals surface area contributed by atoms with Gasteiger partial charge in [-0.25, -0.2) is 0 Å². The molecule has 0 amide bonds. The molecule has 2 N–H and O–H groups in total. The van der Waals surface area contributed by atoms with Crippen LogP contribution in [0.25, 0.3) is 0 Å². The third-order valence-corrected chi connectivity index (χ3v) is 2.77. The van der Waals surface area contributed by atoms with Crippen LogP contribution >= 0.6 is 0 Å². The summed E-state index contributed by atoms with van der Waals surface area (Å²) in [5.74, 6) is 2.69. The van der Waals surface area contributed by atoms with E-state index in [1.807, 2.05) is 0 Å². The molecule has 19 heavy (non-hydrogen) atoms. The number of nitrogens with one attached hydrogen (secondary N) is 2. The van der Waals surface area contributed by atoms with Crippen LogP contribution in [0.15, 0.2) is 9.52 Å². The first-order chi connectivity index (χ1) is 9.01. The van der Waals surface area contributed by atoms with Gasteiger partial charge in [0.25, 0.3) is 0 Å². The summed E-state index contributed by atoms with van der Waals surface area (Å²) in [6.07, 6.45) is 2.33. The first-order valence-corrected chi connectivity index (χ1v) is 6.77. The predicted molar refractivity (Wildman–Crippen MR) is 75.9 cm³/mol. The van der Waals surface area contributed by atoms with Gasteiger partial charge in [0, 0.05) is 20.0 Å². The molecule has 0 fully saturated rings. The van der Waals surface area contributed by atoms with Crippen LogP contribution in [0.1, 0.15) is 45.3 Å². The fourth-order valence-electron chi connectivity index (χ4n) is 1.66. The van der Waals surface area contributed by atoms with Crippen LogP contribution in [-0.2, 0) is 6.54 Å². The Labute approximate surface area is 115 Å². The Kier molecular flexibility index (Phi) is 6.32. The van der Waals surface area contributed by atoms with Gasteiger partial charge < -0.3 is 15.2 Å². The SMILES string of the molecule is CN=C(NCc1noc(C)n1)NC(C)CCC(C)C. The average molecular weight is 267 g/mol. The van der Waals surface area contributed by atoms with Crippen molar-refractivity contribution in [2.45, 2.75) is 53.1 Å². The Morgan fingerprint density at radius 2 is 2.05 bits per heavy atom. The molecular formula is C13H25N5O. The Morgan fingerprint density at radius 3 is 2.58 bits per heavy atom. The summed E-state index contributed by atoms with van der Waals surface area (Å²) in [6.45, 7) is 8.91. The van der Waals surface area contributed by atoms with Crippen LogP contribution in [0.2, 0.25) is 0 Å². The fourth-order valence-corrected chi connectivity index (χ4v) is 1.66. The highest BCUT2D eigenvalue weighted by Gasteiger charge is 2.07.